The van der Waals surface area contributed by atoms with Crippen LogP contribution in [-0.2, 0) is 21.5 Å². The van der Waals surface area contributed by atoms with Gasteiger partial charge < -0.3 is 10.5 Å². The Balaban J connectivity index is 2.09. The fraction of sp³-hybridized carbons (Fsp3) is 0.769. The molecule has 0 bridgehead atoms. The first-order chi connectivity index (χ1) is 7.75. The van der Waals surface area contributed by atoms with E-state index >= 15 is 0 Å². The second-order valence-electron chi connectivity index (χ2n) is 6.33. The lowest BCUT2D eigenvalue weighted by Gasteiger charge is -2.36. The molecule has 4 heteroatoms. The summed E-state index contributed by atoms with van der Waals surface area (Å²) in [4.78, 5) is 6.06. The van der Waals surface area contributed by atoms with Crippen molar-refractivity contribution in [2.24, 2.45) is 5.73 Å². The Morgan fingerprint density at radius 1 is 1.18 bits per heavy atom. The maximum Gasteiger partial charge on any atom is 0.113 e. The quantitative estimate of drug-likeness (QED) is 0.836. The third-order valence-electron chi connectivity index (χ3n) is 3.93. The molecule has 0 aromatic carbocycles. The molecule has 0 unspecified atom stereocenters. The molecule has 1 aliphatic carbocycles. The molecule has 17 heavy (non-hydrogen) atoms. The highest BCUT2D eigenvalue weighted by Crippen LogP contribution is 2.51. The fourth-order valence-corrected chi connectivity index (χ4v) is 4.27. The third-order valence-corrected chi connectivity index (χ3v) is 5.51. The summed E-state index contributed by atoms with van der Waals surface area (Å²) in [5.74, 6) is 0. The topological polar surface area (TPSA) is 48.1 Å². The first-order valence-electron chi connectivity index (χ1n) is 6.26. The molecule has 2 aliphatic rings. The maximum absolute atomic E-state index is 6.37. The maximum atomic E-state index is 6.37. The van der Waals surface area contributed by atoms with E-state index in [-0.39, 0.29) is 16.7 Å². The molecule has 0 saturated heterocycles. The van der Waals surface area contributed by atoms with Crippen LogP contribution < -0.4 is 5.73 Å². The Morgan fingerprint density at radius 3 is 2.29 bits per heavy atom. The van der Waals surface area contributed by atoms with E-state index in [2.05, 4.69) is 27.7 Å². The van der Waals surface area contributed by atoms with Crippen molar-refractivity contribution in [2.75, 3.05) is 0 Å². The van der Waals surface area contributed by atoms with Crippen molar-refractivity contribution in [3.8, 4) is 0 Å². The summed E-state index contributed by atoms with van der Waals surface area (Å²) in [5, 5.41) is 1.11. The minimum atomic E-state index is -0.284. The highest BCUT2D eigenvalue weighted by atomic mass is 32.1. The van der Waals surface area contributed by atoms with Gasteiger partial charge in [-0.25, -0.2) is 4.98 Å². The lowest BCUT2D eigenvalue weighted by molar-refractivity contribution is -0.105. The van der Waals surface area contributed by atoms with Crippen LogP contribution in [0.15, 0.2) is 0 Å². The van der Waals surface area contributed by atoms with Crippen molar-refractivity contribution in [2.45, 2.75) is 63.7 Å². The molecule has 3 nitrogen and oxygen atoms in total. The van der Waals surface area contributed by atoms with Crippen molar-refractivity contribution < 1.29 is 4.74 Å². The average Bonchev–Trinajstić information content (AvgIpc) is 2.63. The molecule has 0 radical (unpaired) electrons. The van der Waals surface area contributed by atoms with Gasteiger partial charge in [0.2, 0.25) is 0 Å². The van der Waals surface area contributed by atoms with Gasteiger partial charge in [0.05, 0.1) is 21.7 Å². The zero-order valence-corrected chi connectivity index (χ0v) is 11.8. The van der Waals surface area contributed by atoms with E-state index < -0.39 is 0 Å². The van der Waals surface area contributed by atoms with Crippen molar-refractivity contribution in [3.63, 3.8) is 0 Å². The summed E-state index contributed by atoms with van der Waals surface area (Å²) in [5.41, 5.74) is 6.80. The van der Waals surface area contributed by atoms with Gasteiger partial charge in [0, 0.05) is 0 Å². The van der Waals surface area contributed by atoms with Crippen LogP contribution >= 0.6 is 11.3 Å². The van der Waals surface area contributed by atoms with E-state index in [0.29, 0.717) is 0 Å². The Labute approximate surface area is 106 Å². The average molecular weight is 252 g/mol. The van der Waals surface area contributed by atoms with Gasteiger partial charge in [-0.05, 0) is 47.0 Å². The molecular weight excluding hydrogens is 232 g/mol. The smallest absolute Gasteiger partial charge is 0.113 e. The molecule has 94 valence electrons. The van der Waals surface area contributed by atoms with Crippen molar-refractivity contribution in [1.82, 2.24) is 4.98 Å². The monoisotopic (exact) mass is 252 g/mol. The number of nitrogens with zero attached hydrogens (tertiary/aromatic N) is 1. The number of rotatable bonds is 1. The fourth-order valence-electron chi connectivity index (χ4n) is 2.85. The Hall–Kier alpha value is -0.450. The van der Waals surface area contributed by atoms with Crippen molar-refractivity contribution in [3.05, 3.63) is 15.6 Å². The molecular formula is C13H20N2OS. The summed E-state index contributed by atoms with van der Waals surface area (Å²) in [6.45, 7) is 8.42. The number of hydrogen-bond acceptors (Lipinski definition) is 4. The molecule has 2 N–H and O–H groups in total. The van der Waals surface area contributed by atoms with E-state index in [1.807, 2.05) is 0 Å². The van der Waals surface area contributed by atoms with Crippen molar-refractivity contribution in [1.29, 1.82) is 0 Å². The van der Waals surface area contributed by atoms with Crippen LogP contribution in [0, 0.1) is 0 Å². The highest BCUT2D eigenvalue weighted by Gasteiger charge is 2.49. The molecule has 1 aliphatic heterocycles. The van der Waals surface area contributed by atoms with Gasteiger partial charge in [0.15, 0.2) is 0 Å². The molecule has 0 atom stereocenters. The molecule has 1 aromatic rings. The SMILES string of the molecule is CC1(C)OC(C)(C)c2sc(C3(N)CCC3)nc21. The van der Waals surface area contributed by atoms with Gasteiger partial charge in [-0.2, -0.15) is 0 Å². The van der Waals surface area contributed by atoms with Gasteiger partial charge >= 0.3 is 0 Å². The predicted molar refractivity (Wildman–Crippen MR) is 69.0 cm³/mol. The predicted octanol–water partition coefficient (Wildman–Crippen LogP) is 2.98. The number of fused-ring (bicyclic) bond motifs is 1. The van der Waals surface area contributed by atoms with E-state index in [0.717, 1.165) is 23.5 Å². The summed E-state index contributed by atoms with van der Waals surface area (Å²) in [7, 11) is 0. The van der Waals surface area contributed by atoms with Crippen LogP contribution in [0.3, 0.4) is 0 Å². The second kappa shape index (κ2) is 3.11. The van der Waals surface area contributed by atoms with Gasteiger partial charge in [0.1, 0.15) is 10.6 Å². The van der Waals surface area contributed by atoms with E-state index in [1.54, 1.807) is 11.3 Å². The molecule has 0 spiro atoms. The summed E-state index contributed by atoms with van der Waals surface area (Å²) < 4.78 is 6.07. The first-order valence-corrected chi connectivity index (χ1v) is 7.08. The van der Waals surface area contributed by atoms with Crippen LogP contribution in [0.25, 0.3) is 0 Å². The van der Waals surface area contributed by atoms with Crippen LogP contribution in [-0.4, -0.2) is 4.98 Å². The summed E-state index contributed by atoms with van der Waals surface area (Å²) in [6.07, 6.45) is 3.37. The Kier molecular flexibility index (Phi) is 2.13. The third kappa shape index (κ3) is 1.51. The van der Waals surface area contributed by atoms with Crippen molar-refractivity contribution >= 4 is 11.3 Å². The first kappa shape index (κ1) is 11.6. The van der Waals surface area contributed by atoms with Gasteiger partial charge in [-0.3, -0.25) is 0 Å². The molecule has 1 saturated carbocycles. The van der Waals surface area contributed by atoms with E-state index in [4.69, 9.17) is 15.5 Å². The normalized spacial score (nSPS) is 27.6. The van der Waals surface area contributed by atoms with Crippen LogP contribution in [0.4, 0.5) is 0 Å². The standard InChI is InChI=1S/C13H20N2OS/c1-11(2)8-9(12(3,4)16-11)17-10(15-8)13(14)6-5-7-13/h5-7,14H2,1-4H3. The Bertz CT molecular complexity index is 440. The van der Waals surface area contributed by atoms with E-state index in [1.165, 1.54) is 11.3 Å². The molecule has 1 aromatic heterocycles. The lowest BCUT2D eigenvalue weighted by atomic mass is 9.78. The second-order valence-corrected chi connectivity index (χ2v) is 7.33. The van der Waals surface area contributed by atoms with Crippen LogP contribution in [0.1, 0.15) is 62.5 Å². The van der Waals surface area contributed by atoms with Gasteiger partial charge in [-0.15, -0.1) is 11.3 Å². The zero-order chi connectivity index (χ0) is 12.5. The van der Waals surface area contributed by atoms with E-state index in [9.17, 15) is 0 Å². The number of aromatic nitrogens is 1. The summed E-state index contributed by atoms with van der Waals surface area (Å²) >= 11 is 1.75. The van der Waals surface area contributed by atoms with Gasteiger partial charge in [-0.1, -0.05) is 0 Å². The summed E-state index contributed by atoms with van der Waals surface area (Å²) in [6, 6.07) is 0. The Morgan fingerprint density at radius 2 is 1.82 bits per heavy atom. The lowest BCUT2D eigenvalue weighted by Crippen LogP contribution is -2.43. The zero-order valence-electron chi connectivity index (χ0n) is 11.0. The largest absolute Gasteiger partial charge is 0.358 e. The highest BCUT2D eigenvalue weighted by molar-refractivity contribution is 7.12. The number of nitrogens with two attached hydrogens (primary N) is 1. The van der Waals surface area contributed by atoms with Crippen LogP contribution in [0.2, 0.25) is 0 Å². The minimum Gasteiger partial charge on any atom is -0.358 e. The molecule has 0 amide bonds. The van der Waals surface area contributed by atoms with Crippen LogP contribution in [0.5, 0.6) is 0 Å². The molecule has 2 heterocycles. The molecule has 3 rings (SSSR count). The number of ether oxygens (including phenoxy) is 1. The van der Waals surface area contributed by atoms with Gasteiger partial charge in [0.25, 0.3) is 0 Å². The number of hydrogen-bond donors (Lipinski definition) is 1. The molecule has 1 fully saturated rings. The number of thiazole rings is 1. The minimum absolute atomic E-state index is 0.152.